The number of aliphatic hydroxyl groups is 1. The molecule has 5 atom stereocenters. The standard InChI is InChI=1S/C55H69F3N10O6S/c1-30(34-9-11-36(12-10-34)48-32(3)60-29-75-48)62-51(71)45-24-41(69)27-68(45)53(73)49(54(5,6)7)65-47(70)28-66-17-13-37(14-18-66)52(72)67-19-15-35(16-20-67)42-25-43-44(26-46(42)74-8)63-33(4)64-50(43)61-31(2)38-21-39(55(56,57)58)23-40(59)22-38/h9-12,21-23,25-26,29-31,35,37,41,45,49,69H,13-20,24,27-28,59H2,1-8H3,(H,62,71)(H,65,70)(H,61,63,64)/t30-,31+,41+,45-,49+/m0/s1. The average molecular weight is 1060 g/mol. The number of amides is 4. The summed E-state index contributed by atoms with van der Waals surface area (Å²) in [4.78, 5) is 75.9. The van der Waals surface area contributed by atoms with Gasteiger partial charge in [0.05, 0.1) is 59.0 Å². The Kier molecular flexibility index (Phi) is 16.4. The SMILES string of the molecule is COc1cc2nc(C)nc(N[C@H](C)c3cc(N)cc(C(F)(F)F)c3)c2cc1C1CCN(C(=O)C2CCN(CC(=O)N[C@H](C(=O)N3C[C@H](O)C[C@H]3C(=O)N[C@@H](C)c3ccc(-c4scnc4C)cc3)C(C)(C)C)CC2)CC1. The number of nitrogens with one attached hydrogen (secondary N) is 3. The molecular formula is C55H69F3N10O6S. The maximum atomic E-state index is 14.3. The molecule has 402 valence electrons. The second-order valence-electron chi connectivity index (χ2n) is 21.5. The number of carbonyl (C=O) groups excluding carboxylic acids is 4. The summed E-state index contributed by atoms with van der Waals surface area (Å²) >= 11 is 1.57. The van der Waals surface area contributed by atoms with Crippen LogP contribution in [0.25, 0.3) is 21.3 Å². The lowest BCUT2D eigenvalue weighted by atomic mass is 9.85. The van der Waals surface area contributed by atoms with Crippen LogP contribution in [0.15, 0.2) is 60.1 Å². The Balaban J connectivity index is 0.838. The lowest BCUT2D eigenvalue weighted by molar-refractivity contribution is -0.144. The predicted molar refractivity (Wildman–Crippen MR) is 283 cm³/mol. The molecule has 0 spiro atoms. The average Bonchev–Trinajstić information content (AvgIpc) is 3.99. The van der Waals surface area contributed by atoms with Crippen molar-refractivity contribution >= 4 is 57.4 Å². The number of likely N-dealkylation sites (tertiary alicyclic amines) is 3. The highest BCUT2D eigenvalue weighted by Crippen LogP contribution is 2.40. The van der Waals surface area contributed by atoms with E-state index in [1.165, 1.54) is 11.0 Å². The maximum absolute atomic E-state index is 14.3. The normalized spacial score (nSPS) is 19.4. The lowest BCUT2D eigenvalue weighted by Crippen LogP contribution is -2.59. The minimum atomic E-state index is -4.55. The molecule has 0 saturated carbocycles. The highest BCUT2D eigenvalue weighted by Gasteiger charge is 2.45. The van der Waals surface area contributed by atoms with E-state index in [-0.39, 0.29) is 60.8 Å². The molecule has 0 bridgehead atoms. The number of fused-ring (bicyclic) bond motifs is 1. The van der Waals surface area contributed by atoms with Gasteiger partial charge in [0.15, 0.2) is 0 Å². The van der Waals surface area contributed by atoms with Crippen molar-refractivity contribution in [2.75, 3.05) is 57.4 Å². The number of aromatic nitrogens is 3. The number of nitrogens with two attached hydrogens (primary N) is 1. The predicted octanol–water partition coefficient (Wildman–Crippen LogP) is 7.94. The van der Waals surface area contributed by atoms with E-state index in [1.54, 1.807) is 32.3 Å². The van der Waals surface area contributed by atoms with Crippen molar-refractivity contribution in [3.05, 3.63) is 93.9 Å². The number of nitrogen functional groups attached to an aromatic ring is 1. The Bertz CT molecular complexity index is 2890. The Morgan fingerprint density at radius 1 is 0.893 bits per heavy atom. The van der Waals surface area contributed by atoms with Gasteiger partial charge in [0.1, 0.15) is 29.5 Å². The lowest BCUT2D eigenvalue weighted by Gasteiger charge is -2.38. The van der Waals surface area contributed by atoms with E-state index in [1.807, 2.05) is 86.3 Å². The van der Waals surface area contributed by atoms with E-state index >= 15 is 0 Å². The van der Waals surface area contributed by atoms with Crippen LogP contribution in [0.5, 0.6) is 5.75 Å². The summed E-state index contributed by atoms with van der Waals surface area (Å²) in [5.41, 5.74) is 10.9. The summed E-state index contributed by atoms with van der Waals surface area (Å²) in [5.74, 6) is 0.359. The summed E-state index contributed by atoms with van der Waals surface area (Å²) in [6.45, 7) is 15.0. The molecule has 3 aliphatic rings. The summed E-state index contributed by atoms with van der Waals surface area (Å²) in [7, 11) is 1.60. The first-order valence-corrected chi connectivity index (χ1v) is 26.6. The topological polar surface area (TPSA) is 208 Å². The number of hydrogen-bond acceptors (Lipinski definition) is 13. The number of ether oxygens (including phenoxy) is 1. The Morgan fingerprint density at radius 2 is 1.59 bits per heavy atom. The van der Waals surface area contributed by atoms with Crippen LogP contribution in [0.3, 0.4) is 0 Å². The van der Waals surface area contributed by atoms with Crippen LogP contribution >= 0.6 is 11.3 Å². The van der Waals surface area contributed by atoms with Gasteiger partial charge in [-0.25, -0.2) is 15.0 Å². The molecule has 75 heavy (non-hydrogen) atoms. The number of aryl methyl sites for hydroxylation is 2. The van der Waals surface area contributed by atoms with Gasteiger partial charge in [-0.3, -0.25) is 24.1 Å². The van der Waals surface area contributed by atoms with E-state index in [2.05, 4.69) is 30.9 Å². The molecule has 0 unspecified atom stereocenters. The van der Waals surface area contributed by atoms with Crippen molar-refractivity contribution in [2.45, 2.75) is 123 Å². The van der Waals surface area contributed by atoms with Crippen molar-refractivity contribution in [3.63, 3.8) is 0 Å². The molecule has 20 heteroatoms. The number of thiazole rings is 1. The van der Waals surface area contributed by atoms with Crippen LogP contribution < -0.4 is 26.4 Å². The summed E-state index contributed by atoms with van der Waals surface area (Å²) < 4.78 is 46.9. The number of β-amino-alcohol motifs (C(OH)–C–C–N with tert-alkyl or cyclic N) is 1. The molecule has 5 aromatic rings. The van der Waals surface area contributed by atoms with Crippen LogP contribution in [0.2, 0.25) is 0 Å². The van der Waals surface area contributed by atoms with Crippen molar-refractivity contribution < 1.29 is 42.2 Å². The Morgan fingerprint density at radius 3 is 2.21 bits per heavy atom. The first-order chi connectivity index (χ1) is 35.5. The summed E-state index contributed by atoms with van der Waals surface area (Å²) in [5, 5.41) is 20.8. The van der Waals surface area contributed by atoms with Gasteiger partial charge in [-0.2, -0.15) is 13.2 Å². The number of aliphatic hydroxyl groups excluding tert-OH is 1. The maximum Gasteiger partial charge on any atom is 0.416 e. The molecule has 0 aliphatic carbocycles. The second kappa shape index (κ2) is 22.5. The van der Waals surface area contributed by atoms with Crippen molar-refractivity contribution in [1.82, 2.24) is 40.3 Å². The number of nitrogens with zero attached hydrogens (tertiary/aromatic N) is 6. The number of anilines is 2. The molecule has 4 amide bonds. The van der Waals surface area contributed by atoms with Crippen LogP contribution in [-0.4, -0.2) is 123 Å². The van der Waals surface area contributed by atoms with Crippen molar-refractivity contribution in [3.8, 4) is 16.2 Å². The van der Waals surface area contributed by atoms with Crippen LogP contribution in [0.1, 0.15) is 118 Å². The largest absolute Gasteiger partial charge is 0.496 e. The van der Waals surface area contributed by atoms with Gasteiger partial charge in [-0.1, -0.05) is 45.0 Å². The number of hydrogen-bond donors (Lipinski definition) is 5. The molecule has 5 heterocycles. The second-order valence-corrected chi connectivity index (χ2v) is 22.4. The first kappa shape index (κ1) is 54.9. The molecule has 16 nitrogen and oxygen atoms in total. The van der Waals surface area contributed by atoms with Gasteiger partial charge >= 0.3 is 6.18 Å². The number of alkyl halides is 3. The van der Waals surface area contributed by atoms with E-state index < -0.39 is 47.3 Å². The first-order valence-electron chi connectivity index (χ1n) is 25.7. The third-order valence-corrected chi connectivity index (χ3v) is 15.9. The van der Waals surface area contributed by atoms with E-state index in [9.17, 15) is 37.5 Å². The van der Waals surface area contributed by atoms with Gasteiger partial charge in [-0.15, -0.1) is 11.3 Å². The fraction of sp³-hybridized carbons (Fsp3) is 0.509. The Hall–Kier alpha value is -6.38. The number of rotatable bonds is 14. The molecule has 3 fully saturated rings. The number of halogens is 3. The molecule has 6 N–H and O–H groups in total. The quantitative estimate of drug-likeness (QED) is 0.0672. The summed E-state index contributed by atoms with van der Waals surface area (Å²) in [6.07, 6.45) is -2.87. The third kappa shape index (κ3) is 12.7. The van der Waals surface area contributed by atoms with Crippen LogP contribution in [0.4, 0.5) is 24.7 Å². The summed E-state index contributed by atoms with van der Waals surface area (Å²) in [6, 6.07) is 12.4. The molecule has 3 aliphatic heterocycles. The Labute approximate surface area is 440 Å². The molecule has 0 radical (unpaired) electrons. The zero-order chi connectivity index (χ0) is 54.1. The van der Waals surface area contributed by atoms with Gasteiger partial charge in [-0.05, 0) is 124 Å². The van der Waals surface area contributed by atoms with Crippen LogP contribution in [-0.2, 0) is 25.4 Å². The van der Waals surface area contributed by atoms with Gasteiger partial charge in [0.25, 0.3) is 0 Å². The minimum Gasteiger partial charge on any atom is -0.496 e. The smallest absolute Gasteiger partial charge is 0.416 e. The fourth-order valence-corrected chi connectivity index (χ4v) is 11.5. The van der Waals surface area contributed by atoms with Gasteiger partial charge in [0.2, 0.25) is 23.6 Å². The third-order valence-electron chi connectivity index (χ3n) is 14.9. The molecular weight excluding hydrogens is 986 g/mol. The van der Waals surface area contributed by atoms with Gasteiger partial charge in [0, 0.05) is 49.1 Å². The van der Waals surface area contributed by atoms with Crippen molar-refractivity contribution in [2.24, 2.45) is 11.3 Å². The number of methoxy groups -OCH3 is 1. The van der Waals surface area contributed by atoms with Gasteiger partial charge < -0.3 is 41.3 Å². The van der Waals surface area contributed by atoms with E-state index in [4.69, 9.17) is 10.5 Å². The highest BCUT2D eigenvalue weighted by molar-refractivity contribution is 7.13. The number of piperidine rings is 2. The van der Waals surface area contributed by atoms with Crippen LogP contribution in [0, 0.1) is 25.2 Å². The van der Waals surface area contributed by atoms with E-state index in [0.717, 1.165) is 39.4 Å². The molecule has 8 rings (SSSR count). The van der Waals surface area contributed by atoms with Crippen molar-refractivity contribution in [1.29, 1.82) is 0 Å². The number of carbonyl (C=O) groups is 4. The highest BCUT2D eigenvalue weighted by atomic mass is 32.1. The zero-order valence-corrected chi connectivity index (χ0v) is 44.7. The molecule has 3 saturated heterocycles. The molecule has 2 aromatic heterocycles. The minimum absolute atomic E-state index is 0.00743. The molecule has 3 aromatic carbocycles. The number of benzene rings is 3. The van der Waals surface area contributed by atoms with E-state index in [0.29, 0.717) is 85.7 Å². The zero-order valence-electron chi connectivity index (χ0n) is 43.9. The fourth-order valence-electron chi connectivity index (χ4n) is 10.7. The monoisotopic (exact) mass is 1050 g/mol.